The van der Waals surface area contributed by atoms with Crippen molar-refractivity contribution in [1.29, 1.82) is 0 Å². The number of carboxylic acid groups (broad SMARTS) is 1. The lowest BCUT2D eigenvalue weighted by Crippen LogP contribution is -2.29. The fourth-order valence-corrected chi connectivity index (χ4v) is 3.39. The van der Waals surface area contributed by atoms with Gasteiger partial charge in [0.2, 0.25) is 5.78 Å². The normalized spacial score (nSPS) is 12.4. The van der Waals surface area contributed by atoms with Crippen LogP contribution in [0.4, 0.5) is 0 Å². The van der Waals surface area contributed by atoms with E-state index in [1.54, 1.807) is 0 Å². The van der Waals surface area contributed by atoms with Gasteiger partial charge < -0.3 is 14.4 Å². The molecule has 5 heteroatoms. The van der Waals surface area contributed by atoms with E-state index in [9.17, 15) is 14.7 Å². The maximum atomic E-state index is 12.8. The van der Waals surface area contributed by atoms with Gasteiger partial charge in [-0.05, 0) is 36.1 Å². The fourth-order valence-electron chi connectivity index (χ4n) is 3.39. The first-order chi connectivity index (χ1) is 15.3. The van der Waals surface area contributed by atoms with Crippen molar-refractivity contribution in [1.82, 2.24) is 4.57 Å². The molecule has 3 aromatic rings. The van der Waals surface area contributed by atoms with Crippen LogP contribution in [0, 0.1) is 12.8 Å². The molecule has 1 N–H and O–H groups in total. The van der Waals surface area contributed by atoms with Gasteiger partial charge in [-0.3, -0.25) is 4.79 Å². The van der Waals surface area contributed by atoms with E-state index in [0.29, 0.717) is 17.8 Å². The third-order valence-electron chi connectivity index (χ3n) is 5.25. The summed E-state index contributed by atoms with van der Waals surface area (Å²) in [6.45, 7) is 6.50. The van der Waals surface area contributed by atoms with Crippen LogP contribution in [0.15, 0.2) is 72.9 Å². The molecule has 166 valence electrons. The van der Waals surface area contributed by atoms with Crippen LogP contribution in [-0.2, 0) is 22.7 Å². The van der Waals surface area contributed by atoms with Crippen LogP contribution >= 0.6 is 0 Å². The summed E-state index contributed by atoms with van der Waals surface area (Å²) >= 11 is 0. The Morgan fingerprint density at radius 2 is 1.72 bits per heavy atom. The summed E-state index contributed by atoms with van der Waals surface area (Å²) in [7, 11) is 0. The number of allylic oxidation sites excluding steroid dienone is 1. The zero-order chi connectivity index (χ0) is 23.1. The zero-order valence-electron chi connectivity index (χ0n) is 18.7. The number of rotatable bonds is 10. The summed E-state index contributed by atoms with van der Waals surface area (Å²) in [4.78, 5) is 24.0. The molecule has 0 amide bonds. The first kappa shape index (κ1) is 23.2. The van der Waals surface area contributed by atoms with Crippen LogP contribution in [0.3, 0.4) is 0 Å². The van der Waals surface area contributed by atoms with E-state index in [4.69, 9.17) is 4.74 Å². The molecule has 0 bridgehead atoms. The molecule has 0 aliphatic carbocycles. The van der Waals surface area contributed by atoms with Crippen molar-refractivity contribution >= 4 is 17.8 Å². The standard InChI is InChI=1S/C27H29NO4/c1-19(2)26(27(30)31)32-18-22-12-10-21(11-13-22)6-4-16-28-17-5-7-24(28)25(29)23-14-8-20(3)9-15-23/h4-15,17,19,26H,16,18H2,1-3H3,(H,30,31)/t26-/m0/s1. The Morgan fingerprint density at radius 1 is 1.03 bits per heavy atom. The second kappa shape index (κ2) is 10.7. The molecule has 0 aliphatic heterocycles. The van der Waals surface area contributed by atoms with Gasteiger partial charge in [0.15, 0.2) is 6.10 Å². The highest BCUT2D eigenvalue weighted by atomic mass is 16.5. The molecule has 1 aromatic heterocycles. The Kier molecular flexibility index (Phi) is 7.79. The molecule has 0 fully saturated rings. The number of nitrogens with zero attached hydrogens (tertiary/aromatic N) is 1. The number of hydrogen-bond donors (Lipinski definition) is 1. The van der Waals surface area contributed by atoms with Crippen LogP contribution in [0.2, 0.25) is 0 Å². The number of hydrogen-bond acceptors (Lipinski definition) is 3. The predicted octanol–water partition coefficient (Wildman–Crippen LogP) is 5.37. The molecule has 2 aromatic carbocycles. The minimum Gasteiger partial charge on any atom is -0.479 e. The van der Waals surface area contributed by atoms with Gasteiger partial charge in [-0.2, -0.15) is 0 Å². The quantitative estimate of drug-likeness (QED) is 0.439. The van der Waals surface area contributed by atoms with E-state index in [0.717, 1.165) is 16.7 Å². The Labute approximate surface area is 189 Å². The van der Waals surface area contributed by atoms with Gasteiger partial charge in [0, 0.05) is 18.3 Å². The van der Waals surface area contributed by atoms with Gasteiger partial charge in [0.05, 0.1) is 12.3 Å². The third kappa shape index (κ3) is 6.05. The molecule has 3 rings (SSSR count). The Balaban J connectivity index is 1.59. The van der Waals surface area contributed by atoms with Crippen molar-refractivity contribution in [3.63, 3.8) is 0 Å². The number of carbonyl (C=O) groups is 2. The number of aliphatic carboxylic acids is 1. The highest BCUT2D eigenvalue weighted by Crippen LogP contribution is 2.14. The molecule has 0 spiro atoms. The smallest absolute Gasteiger partial charge is 0.333 e. The second-order valence-corrected chi connectivity index (χ2v) is 8.20. The first-order valence-corrected chi connectivity index (χ1v) is 10.7. The van der Waals surface area contributed by atoms with Crippen LogP contribution in [0.25, 0.3) is 6.08 Å². The fraction of sp³-hybridized carbons (Fsp3) is 0.259. The van der Waals surface area contributed by atoms with Crippen molar-refractivity contribution in [2.75, 3.05) is 0 Å². The molecular formula is C27H29NO4. The lowest BCUT2D eigenvalue weighted by Gasteiger charge is -2.17. The maximum Gasteiger partial charge on any atom is 0.333 e. The van der Waals surface area contributed by atoms with E-state index < -0.39 is 12.1 Å². The highest BCUT2D eigenvalue weighted by molar-refractivity contribution is 6.08. The maximum absolute atomic E-state index is 12.8. The molecule has 0 unspecified atom stereocenters. The minimum absolute atomic E-state index is 0.00816. The third-order valence-corrected chi connectivity index (χ3v) is 5.25. The van der Waals surface area contributed by atoms with Crippen molar-refractivity contribution in [3.05, 3.63) is 101 Å². The van der Waals surface area contributed by atoms with E-state index in [1.807, 2.05) is 104 Å². The topological polar surface area (TPSA) is 68.5 Å². The summed E-state index contributed by atoms with van der Waals surface area (Å²) < 4.78 is 7.48. The van der Waals surface area contributed by atoms with Crippen LogP contribution < -0.4 is 0 Å². The minimum atomic E-state index is -0.940. The number of carboxylic acids is 1. The number of benzene rings is 2. The average Bonchev–Trinajstić information content (AvgIpc) is 3.23. The molecule has 0 radical (unpaired) electrons. The van der Waals surface area contributed by atoms with E-state index in [1.165, 1.54) is 0 Å². The van der Waals surface area contributed by atoms with Crippen LogP contribution in [0.1, 0.15) is 46.6 Å². The Hall–Kier alpha value is -3.44. The lowest BCUT2D eigenvalue weighted by molar-refractivity contribution is -0.154. The number of carbonyl (C=O) groups excluding carboxylic acids is 1. The van der Waals surface area contributed by atoms with E-state index in [-0.39, 0.29) is 18.3 Å². The number of aryl methyl sites for hydroxylation is 1. The average molecular weight is 432 g/mol. The van der Waals surface area contributed by atoms with Gasteiger partial charge in [-0.25, -0.2) is 4.79 Å². The Bertz CT molecular complexity index is 1080. The predicted molar refractivity (Wildman–Crippen MR) is 126 cm³/mol. The van der Waals surface area contributed by atoms with E-state index >= 15 is 0 Å². The molecule has 0 saturated carbocycles. The number of aromatic nitrogens is 1. The molecular weight excluding hydrogens is 402 g/mol. The second-order valence-electron chi connectivity index (χ2n) is 8.20. The lowest BCUT2D eigenvalue weighted by atomic mass is 10.1. The summed E-state index contributed by atoms with van der Waals surface area (Å²) in [5, 5.41) is 9.21. The summed E-state index contributed by atoms with van der Waals surface area (Å²) in [6, 6.07) is 19.1. The van der Waals surface area contributed by atoms with Gasteiger partial charge in [-0.15, -0.1) is 0 Å². The van der Waals surface area contributed by atoms with Gasteiger partial charge >= 0.3 is 5.97 Å². The largest absolute Gasteiger partial charge is 0.479 e. The SMILES string of the molecule is Cc1ccc(C(=O)c2cccn2CC=Cc2ccc(CO[C@H](C(=O)O)C(C)C)cc2)cc1. The van der Waals surface area contributed by atoms with Crippen molar-refractivity contribution < 1.29 is 19.4 Å². The van der Waals surface area contributed by atoms with Gasteiger partial charge in [0.1, 0.15) is 0 Å². The van der Waals surface area contributed by atoms with Crippen molar-refractivity contribution in [3.8, 4) is 0 Å². The molecule has 1 heterocycles. The van der Waals surface area contributed by atoms with Gasteiger partial charge in [-0.1, -0.05) is 80.1 Å². The summed E-state index contributed by atoms with van der Waals surface area (Å²) in [6.07, 6.45) is 5.10. The number of ketones is 1. The van der Waals surface area contributed by atoms with E-state index in [2.05, 4.69) is 0 Å². The van der Waals surface area contributed by atoms with Crippen LogP contribution in [0.5, 0.6) is 0 Å². The molecule has 32 heavy (non-hydrogen) atoms. The zero-order valence-corrected chi connectivity index (χ0v) is 18.7. The molecule has 0 saturated heterocycles. The number of ether oxygens (including phenoxy) is 1. The molecule has 1 atom stereocenters. The molecule has 5 nitrogen and oxygen atoms in total. The monoisotopic (exact) mass is 431 g/mol. The van der Waals surface area contributed by atoms with Crippen LogP contribution in [-0.4, -0.2) is 27.5 Å². The van der Waals surface area contributed by atoms with Gasteiger partial charge in [0.25, 0.3) is 0 Å². The van der Waals surface area contributed by atoms with Crippen molar-refractivity contribution in [2.45, 2.75) is 40.0 Å². The summed E-state index contributed by atoms with van der Waals surface area (Å²) in [5.74, 6) is -1.02. The summed E-state index contributed by atoms with van der Waals surface area (Å²) in [5.41, 5.74) is 4.40. The molecule has 0 aliphatic rings. The van der Waals surface area contributed by atoms with Crippen molar-refractivity contribution in [2.24, 2.45) is 5.92 Å². The first-order valence-electron chi connectivity index (χ1n) is 10.7. The highest BCUT2D eigenvalue weighted by Gasteiger charge is 2.21. The Morgan fingerprint density at radius 3 is 2.34 bits per heavy atom.